The summed E-state index contributed by atoms with van der Waals surface area (Å²) in [5, 5.41) is 17.7. The van der Waals surface area contributed by atoms with Crippen LogP contribution in [0.3, 0.4) is 0 Å². The molecule has 6 heteroatoms. The van der Waals surface area contributed by atoms with E-state index in [4.69, 9.17) is 15.9 Å². The summed E-state index contributed by atoms with van der Waals surface area (Å²) in [6.45, 7) is 0. The van der Waals surface area contributed by atoms with Crippen molar-refractivity contribution >= 4 is 11.5 Å². The molecule has 1 aromatic carbocycles. The monoisotopic (exact) mass is 227 g/mol. The molecule has 0 aliphatic heterocycles. The first-order valence-corrected chi connectivity index (χ1v) is 4.25. The van der Waals surface area contributed by atoms with Crippen LogP contribution < -0.4 is 5.73 Å². The third kappa shape index (κ3) is 2.34. The van der Waals surface area contributed by atoms with Crippen LogP contribution in [0.15, 0.2) is 24.5 Å². The summed E-state index contributed by atoms with van der Waals surface area (Å²) in [6, 6.07) is 1.16. The maximum Gasteiger partial charge on any atom is 0.325 e. The van der Waals surface area contributed by atoms with Gasteiger partial charge in [0.2, 0.25) is 0 Å². The van der Waals surface area contributed by atoms with Crippen molar-refractivity contribution in [1.82, 2.24) is 0 Å². The van der Waals surface area contributed by atoms with E-state index in [0.717, 1.165) is 18.2 Å². The average molecular weight is 227 g/mol. The van der Waals surface area contributed by atoms with Crippen LogP contribution in [0.2, 0.25) is 0 Å². The van der Waals surface area contributed by atoms with Gasteiger partial charge >= 0.3 is 5.97 Å². The Hall–Kier alpha value is -1.95. The van der Waals surface area contributed by atoms with Crippen molar-refractivity contribution in [2.24, 2.45) is 5.73 Å². The molecule has 0 aliphatic carbocycles. The van der Waals surface area contributed by atoms with E-state index in [9.17, 15) is 13.6 Å². The molecular formula is C10H9F2NO3. The van der Waals surface area contributed by atoms with Crippen LogP contribution in [0.4, 0.5) is 8.78 Å². The molecule has 0 spiro atoms. The van der Waals surface area contributed by atoms with Crippen LogP contribution in [0.1, 0.15) is 5.56 Å². The largest absolute Gasteiger partial charge is 0.508 e. The molecule has 0 aliphatic rings. The fourth-order valence-electron chi connectivity index (χ4n) is 1.16. The van der Waals surface area contributed by atoms with E-state index in [-0.39, 0.29) is 17.6 Å². The second-order valence-electron chi connectivity index (χ2n) is 3.04. The van der Waals surface area contributed by atoms with Gasteiger partial charge in [0, 0.05) is 11.1 Å². The Balaban J connectivity index is 3.24. The van der Waals surface area contributed by atoms with E-state index in [0.29, 0.717) is 0 Å². The lowest BCUT2D eigenvalue weighted by atomic mass is 9.99. The molecule has 0 saturated heterocycles. The van der Waals surface area contributed by atoms with Gasteiger partial charge in [0.1, 0.15) is 17.6 Å². The van der Waals surface area contributed by atoms with Crippen LogP contribution in [-0.2, 0) is 4.79 Å². The third-order valence-electron chi connectivity index (χ3n) is 1.98. The molecular weight excluding hydrogens is 218 g/mol. The molecule has 1 atom stereocenters. The first-order valence-electron chi connectivity index (χ1n) is 4.25. The van der Waals surface area contributed by atoms with E-state index in [1.807, 2.05) is 0 Å². The lowest BCUT2D eigenvalue weighted by Crippen LogP contribution is -2.31. The number of halogens is 2. The summed E-state index contributed by atoms with van der Waals surface area (Å²) in [4.78, 5) is 10.6. The summed E-state index contributed by atoms with van der Waals surface area (Å²) in [5.74, 6) is -2.67. The van der Waals surface area contributed by atoms with Gasteiger partial charge in [-0.1, -0.05) is 0 Å². The lowest BCUT2D eigenvalue weighted by molar-refractivity contribution is -0.137. The number of hydrogen-bond donors (Lipinski definition) is 3. The smallest absolute Gasteiger partial charge is 0.325 e. The van der Waals surface area contributed by atoms with E-state index >= 15 is 0 Å². The Labute approximate surface area is 89.6 Å². The van der Waals surface area contributed by atoms with Crippen molar-refractivity contribution in [1.29, 1.82) is 0 Å². The number of nitrogens with two attached hydrogens (primary N) is 1. The van der Waals surface area contributed by atoms with Gasteiger partial charge in [-0.05, 0) is 18.2 Å². The molecule has 1 rings (SSSR count). The average Bonchev–Trinajstić information content (AvgIpc) is 2.23. The van der Waals surface area contributed by atoms with Crippen LogP contribution in [0, 0.1) is 5.82 Å². The minimum atomic E-state index is -1.69. The van der Waals surface area contributed by atoms with Crippen molar-refractivity contribution < 1.29 is 23.8 Å². The van der Waals surface area contributed by atoms with Gasteiger partial charge in [-0.2, -0.15) is 0 Å². The van der Waals surface area contributed by atoms with E-state index in [1.54, 1.807) is 0 Å². The van der Waals surface area contributed by atoms with Gasteiger partial charge in [-0.3, -0.25) is 4.79 Å². The van der Waals surface area contributed by atoms with Crippen LogP contribution in [0.25, 0.3) is 5.57 Å². The zero-order valence-corrected chi connectivity index (χ0v) is 8.02. The first kappa shape index (κ1) is 12.1. The van der Waals surface area contributed by atoms with Gasteiger partial charge in [-0.15, -0.1) is 0 Å². The Kier molecular flexibility index (Phi) is 3.57. The van der Waals surface area contributed by atoms with Gasteiger partial charge < -0.3 is 15.9 Å². The number of rotatable bonds is 3. The molecule has 0 heterocycles. The van der Waals surface area contributed by atoms with Crippen LogP contribution >= 0.6 is 0 Å². The quantitative estimate of drug-likeness (QED) is 0.725. The number of benzene rings is 1. The third-order valence-corrected chi connectivity index (χ3v) is 1.98. The fourth-order valence-corrected chi connectivity index (χ4v) is 1.16. The summed E-state index contributed by atoms with van der Waals surface area (Å²) in [5.41, 5.74) is 4.25. The van der Waals surface area contributed by atoms with Crippen molar-refractivity contribution in [3.05, 3.63) is 35.9 Å². The highest BCUT2D eigenvalue weighted by molar-refractivity contribution is 5.90. The molecule has 0 bridgehead atoms. The second-order valence-corrected chi connectivity index (χ2v) is 3.04. The predicted molar refractivity (Wildman–Crippen MR) is 52.8 cm³/mol. The standard InChI is InChI=1S/C10H9F2NO3/c11-4-7(9(13)10(15)16)6-3-5(14)1-2-8(6)12/h1-4,9,14H,13H2,(H,15,16)/b7-4+/t9-/m0/s1/i11-1,12-1. The van der Waals surface area contributed by atoms with Gasteiger partial charge in [0.25, 0.3) is 0 Å². The molecule has 0 unspecified atom stereocenters. The SMILES string of the molecule is N[C@H](C(=O)O)/C(=C/[18F])c1cc(O)ccc1[18F]. The maximum absolute atomic E-state index is 13.3. The number of hydrogen-bond acceptors (Lipinski definition) is 3. The summed E-state index contributed by atoms with van der Waals surface area (Å²) in [7, 11) is 0. The summed E-state index contributed by atoms with van der Waals surface area (Å²) in [6.07, 6.45) is -0.0867. The molecule has 0 saturated carbocycles. The van der Waals surface area contributed by atoms with Gasteiger partial charge in [-0.25, -0.2) is 8.78 Å². The highest BCUT2D eigenvalue weighted by atomic mass is 18.2. The fraction of sp³-hybridized carbons (Fsp3) is 0.100. The highest BCUT2D eigenvalue weighted by Gasteiger charge is 2.22. The van der Waals surface area contributed by atoms with Crippen molar-refractivity contribution in [2.75, 3.05) is 0 Å². The number of carboxylic acid groups (broad SMARTS) is 1. The molecule has 4 N–H and O–H groups in total. The number of phenolic OH excluding ortho intramolecular Hbond substituents is 1. The predicted octanol–water partition coefficient (Wildman–Crippen LogP) is 1.25. The molecule has 0 amide bonds. The van der Waals surface area contributed by atoms with Crippen LogP contribution in [-0.4, -0.2) is 22.2 Å². The van der Waals surface area contributed by atoms with Crippen molar-refractivity contribution in [3.63, 3.8) is 0 Å². The highest BCUT2D eigenvalue weighted by Crippen LogP contribution is 2.25. The molecule has 0 aromatic heterocycles. The minimum absolute atomic E-state index is 0.0867. The molecule has 4 nitrogen and oxygen atoms in total. The van der Waals surface area contributed by atoms with Gasteiger partial charge in [0.15, 0.2) is 0 Å². The number of aromatic hydroxyl groups is 1. The Morgan fingerprint density at radius 1 is 1.50 bits per heavy atom. The topological polar surface area (TPSA) is 83.6 Å². The zero-order valence-electron chi connectivity index (χ0n) is 8.02. The summed E-state index contributed by atoms with van der Waals surface area (Å²) >= 11 is 0. The number of carbonyl (C=O) groups is 1. The normalized spacial score (nSPS) is 13.6. The summed E-state index contributed by atoms with van der Waals surface area (Å²) < 4.78 is 25.8. The van der Waals surface area contributed by atoms with E-state index in [2.05, 4.69) is 0 Å². The zero-order chi connectivity index (χ0) is 12.3. The number of phenols is 1. The molecule has 16 heavy (non-hydrogen) atoms. The number of carboxylic acids is 1. The van der Waals surface area contributed by atoms with Crippen LogP contribution in [0.5, 0.6) is 5.75 Å². The minimum Gasteiger partial charge on any atom is -0.508 e. The maximum atomic E-state index is 13.3. The Morgan fingerprint density at radius 2 is 2.12 bits per heavy atom. The molecule has 0 radical (unpaired) electrons. The Morgan fingerprint density at radius 3 is 2.62 bits per heavy atom. The number of aliphatic carboxylic acids is 1. The molecule has 0 fully saturated rings. The molecule has 86 valence electrons. The van der Waals surface area contributed by atoms with E-state index < -0.39 is 23.4 Å². The first-order chi connectivity index (χ1) is 7.47. The van der Waals surface area contributed by atoms with Crippen molar-refractivity contribution in [3.8, 4) is 5.75 Å². The lowest BCUT2D eigenvalue weighted by Gasteiger charge is -2.11. The van der Waals surface area contributed by atoms with E-state index in [1.165, 1.54) is 0 Å². The molecule has 1 aromatic rings. The second kappa shape index (κ2) is 4.71. The van der Waals surface area contributed by atoms with Crippen molar-refractivity contribution in [2.45, 2.75) is 6.04 Å². The van der Waals surface area contributed by atoms with Gasteiger partial charge in [0.05, 0.1) is 6.33 Å². The Bertz CT molecular complexity index is 446.